The lowest BCUT2D eigenvalue weighted by Gasteiger charge is -2.21. The largest absolute Gasteiger partial charge is 0.335 e. The highest BCUT2D eigenvalue weighted by Crippen LogP contribution is 2.20. The van der Waals surface area contributed by atoms with Gasteiger partial charge in [0.1, 0.15) is 11.6 Å². The molecular weight excluding hydrogens is 357 g/mol. The SMILES string of the molecule is CCN(Cc1nc2ccccc2c(=O)[nH]1)C(=O)Cc1c(F)cccc1Cl. The number of likely N-dealkylation sites (N-methyl/N-ethyl adjacent to an activating group) is 1. The van der Waals surface area contributed by atoms with E-state index in [2.05, 4.69) is 9.97 Å². The number of aromatic amines is 1. The molecule has 0 saturated carbocycles. The van der Waals surface area contributed by atoms with Crippen LogP contribution in [0.4, 0.5) is 4.39 Å². The summed E-state index contributed by atoms with van der Waals surface area (Å²) in [5.41, 5.74) is 0.468. The van der Waals surface area contributed by atoms with E-state index in [0.29, 0.717) is 23.3 Å². The van der Waals surface area contributed by atoms with Crippen LogP contribution in [0, 0.1) is 5.82 Å². The Bertz CT molecular complexity index is 999. The Morgan fingerprint density at radius 1 is 1.23 bits per heavy atom. The molecule has 0 bridgehead atoms. The number of amides is 1. The van der Waals surface area contributed by atoms with Gasteiger partial charge >= 0.3 is 0 Å². The summed E-state index contributed by atoms with van der Waals surface area (Å²) in [6.07, 6.45) is -0.156. The number of nitrogens with zero attached hydrogens (tertiary/aromatic N) is 2. The summed E-state index contributed by atoms with van der Waals surface area (Å²) in [6, 6.07) is 11.3. The Kier molecular flexibility index (Phi) is 5.32. The summed E-state index contributed by atoms with van der Waals surface area (Å²) in [4.78, 5) is 33.3. The summed E-state index contributed by atoms with van der Waals surface area (Å²) < 4.78 is 13.9. The lowest BCUT2D eigenvalue weighted by Crippen LogP contribution is -2.33. The van der Waals surface area contributed by atoms with Crippen LogP contribution in [0.1, 0.15) is 18.3 Å². The van der Waals surface area contributed by atoms with Crippen molar-refractivity contribution in [2.75, 3.05) is 6.54 Å². The Hall–Kier alpha value is -2.73. The van der Waals surface area contributed by atoms with Crippen molar-refractivity contribution >= 4 is 28.4 Å². The van der Waals surface area contributed by atoms with Crippen LogP contribution in [0.3, 0.4) is 0 Å². The summed E-state index contributed by atoms with van der Waals surface area (Å²) in [5.74, 6) is -0.432. The van der Waals surface area contributed by atoms with Crippen molar-refractivity contribution in [2.24, 2.45) is 0 Å². The van der Waals surface area contributed by atoms with Gasteiger partial charge in [0.05, 0.1) is 23.9 Å². The minimum atomic E-state index is -0.515. The smallest absolute Gasteiger partial charge is 0.258 e. The number of aromatic nitrogens is 2. The molecule has 1 amide bonds. The molecule has 0 radical (unpaired) electrons. The quantitative estimate of drug-likeness (QED) is 0.746. The van der Waals surface area contributed by atoms with Crippen molar-refractivity contribution in [3.63, 3.8) is 0 Å². The molecule has 0 spiro atoms. The van der Waals surface area contributed by atoms with Gasteiger partial charge in [-0.25, -0.2) is 9.37 Å². The van der Waals surface area contributed by atoms with Gasteiger partial charge in [0.2, 0.25) is 5.91 Å². The van der Waals surface area contributed by atoms with Gasteiger partial charge in [-0.05, 0) is 31.2 Å². The molecule has 1 aromatic heterocycles. The topological polar surface area (TPSA) is 66.1 Å². The zero-order valence-electron chi connectivity index (χ0n) is 14.1. The minimum Gasteiger partial charge on any atom is -0.335 e. The highest BCUT2D eigenvalue weighted by atomic mass is 35.5. The fourth-order valence-corrected chi connectivity index (χ4v) is 2.96. The number of carbonyl (C=O) groups is 1. The number of fused-ring (bicyclic) bond motifs is 1. The van der Waals surface area contributed by atoms with E-state index < -0.39 is 5.82 Å². The average molecular weight is 374 g/mol. The molecule has 2 aromatic carbocycles. The maximum absolute atomic E-state index is 13.9. The maximum Gasteiger partial charge on any atom is 0.258 e. The zero-order chi connectivity index (χ0) is 18.7. The molecule has 0 unspecified atom stereocenters. The van der Waals surface area contributed by atoms with Crippen LogP contribution in [0.2, 0.25) is 5.02 Å². The molecule has 26 heavy (non-hydrogen) atoms. The van der Waals surface area contributed by atoms with Crippen molar-refractivity contribution < 1.29 is 9.18 Å². The van der Waals surface area contributed by atoms with Crippen molar-refractivity contribution in [1.29, 1.82) is 0 Å². The average Bonchev–Trinajstić information content (AvgIpc) is 2.63. The van der Waals surface area contributed by atoms with Gasteiger partial charge in [0.15, 0.2) is 0 Å². The van der Waals surface area contributed by atoms with Gasteiger partial charge in [-0.2, -0.15) is 0 Å². The van der Waals surface area contributed by atoms with Crippen molar-refractivity contribution in [2.45, 2.75) is 19.9 Å². The van der Waals surface area contributed by atoms with E-state index in [4.69, 9.17) is 11.6 Å². The molecule has 0 aliphatic rings. The van der Waals surface area contributed by atoms with Crippen LogP contribution in [0.5, 0.6) is 0 Å². The van der Waals surface area contributed by atoms with Crippen LogP contribution in [-0.2, 0) is 17.8 Å². The monoisotopic (exact) mass is 373 g/mol. The molecular formula is C19H17ClFN3O2. The molecule has 0 aliphatic heterocycles. The van der Waals surface area contributed by atoms with E-state index >= 15 is 0 Å². The number of hydrogen-bond donors (Lipinski definition) is 1. The molecule has 3 aromatic rings. The third kappa shape index (κ3) is 3.75. The number of benzene rings is 2. The van der Waals surface area contributed by atoms with Gasteiger partial charge in [-0.15, -0.1) is 0 Å². The summed E-state index contributed by atoms with van der Waals surface area (Å²) >= 11 is 6.00. The summed E-state index contributed by atoms with van der Waals surface area (Å²) in [6.45, 7) is 2.32. The number of nitrogens with one attached hydrogen (secondary N) is 1. The Balaban J connectivity index is 1.83. The molecule has 1 N–H and O–H groups in total. The molecule has 5 nitrogen and oxygen atoms in total. The van der Waals surface area contributed by atoms with Crippen LogP contribution >= 0.6 is 11.6 Å². The van der Waals surface area contributed by atoms with Crippen LogP contribution < -0.4 is 5.56 Å². The van der Waals surface area contributed by atoms with Gasteiger partial charge in [-0.1, -0.05) is 29.8 Å². The van der Waals surface area contributed by atoms with E-state index in [0.717, 1.165) is 0 Å². The molecule has 1 heterocycles. The van der Waals surface area contributed by atoms with Crippen molar-refractivity contribution in [1.82, 2.24) is 14.9 Å². The minimum absolute atomic E-state index is 0.126. The number of H-pyrrole nitrogens is 1. The van der Waals surface area contributed by atoms with E-state index in [1.54, 1.807) is 37.3 Å². The number of carbonyl (C=O) groups excluding carboxylic acids is 1. The lowest BCUT2D eigenvalue weighted by atomic mass is 10.1. The fourth-order valence-electron chi connectivity index (χ4n) is 2.73. The highest BCUT2D eigenvalue weighted by molar-refractivity contribution is 6.31. The van der Waals surface area contributed by atoms with E-state index in [-0.39, 0.29) is 35.0 Å². The summed E-state index contributed by atoms with van der Waals surface area (Å²) in [7, 11) is 0. The number of hydrogen-bond acceptors (Lipinski definition) is 3. The van der Waals surface area contributed by atoms with Crippen LogP contribution in [0.25, 0.3) is 10.9 Å². The van der Waals surface area contributed by atoms with E-state index in [1.807, 2.05) is 0 Å². The Labute approximate surface area is 154 Å². The highest BCUT2D eigenvalue weighted by Gasteiger charge is 2.18. The third-order valence-corrected chi connectivity index (χ3v) is 4.48. The normalized spacial score (nSPS) is 10.9. The number of rotatable bonds is 5. The predicted octanol–water partition coefficient (Wildman–Crippen LogP) is 3.31. The second-order valence-corrected chi connectivity index (χ2v) is 6.22. The van der Waals surface area contributed by atoms with Gasteiger partial charge in [-0.3, -0.25) is 9.59 Å². The van der Waals surface area contributed by atoms with Gasteiger partial charge < -0.3 is 9.88 Å². The molecule has 134 valence electrons. The molecule has 0 atom stereocenters. The number of para-hydroxylation sites is 1. The first-order valence-corrected chi connectivity index (χ1v) is 8.56. The first-order chi connectivity index (χ1) is 12.5. The lowest BCUT2D eigenvalue weighted by molar-refractivity contribution is -0.131. The Morgan fingerprint density at radius 3 is 2.73 bits per heavy atom. The third-order valence-electron chi connectivity index (χ3n) is 4.13. The molecule has 7 heteroatoms. The van der Waals surface area contributed by atoms with E-state index in [1.165, 1.54) is 17.0 Å². The van der Waals surface area contributed by atoms with Crippen LogP contribution in [-0.4, -0.2) is 27.3 Å². The maximum atomic E-state index is 13.9. The molecule has 0 aliphatic carbocycles. The second-order valence-electron chi connectivity index (χ2n) is 5.81. The van der Waals surface area contributed by atoms with Gasteiger partial charge in [0.25, 0.3) is 5.56 Å². The molecule has 3 rings (SSSR count). The van der Waals surface area contributed by atoms with Crippen molar-refractivity contribution in [3.8, 4) is 0 Å². The fraction of sp³-hybridized carbons (Fsp3) is 0.211. The standard InChI is InChI=1S/C19H17ClFN3O2/c1-2-24(18(25)10-13-14(20)7-5-8-15(13)21)11-17-22-16-9-4-3-6-12(16)19(26)23-17/h3-9H,2,10-11H2,1H3,(H,22,23,26). The molecule has 0 fully saturated rings. The number of halogens is 2. The van der Waals surface area contributed by atoms with Crippen molar-refractivity contribution in [3.05, 3.63) is 75.0 Å². The predicted molar refractivity (Wildman–Crippen MR) is 98.6 cm³/mol. The Morgan fingerprint density at radius 2 is 2.00 bits per heavy atom. The first-order valence-electron chi connectivity index (χ1n) is 8.18. The summed E-state index contributed by atoms with van der Waals surface area (Å²) in [5, 5.41) is 0.704. The zero-order valence-corrected chi connectivity index (χ0v) is 14.9. The molecule has 0 saturated heterocycles. The van der Waals surface area contributed by atoms with Crippen LogP contribution in [0.15, 0.2) is 47.3 Å². The van der Waals surface area contributed by atoms with E-state index in [9.17, 15) is 14.0 Å². The van der Waals surface area contributed by atoms with Gasteiger partial charge in [0, 0.05) is 17.1 Å². The first kappa shape index (κ1) is 18.1. The second kappa shape index (κ2) is 7.66.